The summed E-state index contributed by atoms with van der Waals surface area (Å²) in [5, 5.41) is 2.61. The monoisotopic (exact) mass is 249 g/mol. The summed E-state index contributed by atoms with van der Waals surface area (Å²) in [5.41, 5.74) is 3.41. The van der Waals surface area contributed by atoms with E-state index >= 15 is 0 Å². The molecular weight excluding hydrogens is 238 g/mol. The van der Waals surface area contributed by atoms with Crippen molar-refractivity contribution in [1.29, 1.82) is 0 Å². The number of nitrogens with one attached hydrogen (secondary N) is 1. The van der Waals surface area contributed by atoms with Crippen LogP contribution in [0.15, 0.2) is 23.1 Å². The molecule has 0 atom stereocenters. The van der Waals surface area contributed by atoms with Crippen molar-refractivity contribution < 1.29 is 4.79 Å². The number of thioether (sulfide) groups is 1. The van der Waals surface area contributed by atoms with Crippen LogP contribution in [0.4, 0.5) is 0 Å². The molecule has 0 radical (unpaired) electrons. The van der Waals surface area contributed by atoms with E-state index < -0.39 is 0 Å². The zero-order chi connectivity index (χ0) is 11.7. The lowest BCUT2D eigenvalue weighted by atomic mass is 10.1. The Labute approximate surface area is 104 Å². The van der Waals surface area contributed by atoms with Crippen LogP contribution < -0.4 is 5.32 Å². The molecule has 0 aliphatic carbocycles. The van der Waals surface area contributed by atoms with Crippen LogP contribution in [0, 0.1) is 13.8 Å². The summed E-state index contributed by atoms with van der Waals surface area (Å²) < 4.78 is 0.529. The number of hydrogen-bond donors (Lipinski definition) is 1. The molecular formula is C12H11NOS2. The van der Waals surface area contributed by atoms with Gasteiger partial charge >= 0.3 is 0 Å². The van der Waals surface area contributed by atoms with Gasteiger partial charge in [0.1, 0.15) is 4.32 Å². The van der Waals surface area contributed by atoms with Gasteiger partial charge in [0.25, 0.3) is 5.91 Å². The van der Waals surface area contributed by atoms with Crippen LogP contribution in [-0.4, -0.2) is 10.2 Å². The molecule has 0 aromatic heterocycles. The van der Waals surface area contributed by atoms with Gasteiger partial charge in [0.05, 0.1) is 4.91 Å². The van der Waals surface area contributed by atoms with E-state index in [0.29, 0.717) is 9.23 Å². The van der Waals surface area contributed by atoms with Gasteiger partial charge in [0, 0.05) is 0 Å². The average molecular weight is 249 g/mol. The Morgan fingerprint density at radius 1 is 1.38 bits per heavy atom. The molecule has 4 heteroatoms. The summed E-state index contributed by atoms with van der Waals surface area (Å²) in [6.07, 6.45) is 1.89. The number of benzene rings is 1. The third-order valence-electron chi connectivity index (χ3n) is 2.36. The highest BCUT2D eigenvalue weighted by Crippen LogP contribution is 2.26. The van der Waals surface area contributed by atoms with E-state index in [2.05, 4.69) is 23.5 Å². The molecule has 0 bridgehead atoms. The highest BCUT2D eigenvalue weighted by atomic mass is 32.2. The highest BCUT2D eigenvalue weighted by molar-refractivity contribution is 8.26. The topological polar surface area (TPSA) is 29.1 Å². The fraction of sp³-hybridized carbons (Fsp3) is 0.167. The predicted octanol–water partition coefficient (Wildman–Crippen LogP) is 2.79. The summed E-state index contributed by atoms with van der Waals surface area (Å²) in [7, 11) is 0. The Kier molecular flexibility index (Phi) is 3.12. The molecule has 0 saturated carbocycles. The Balaban J connectivity index is 2.39. The molecule has 82 valence electrons. The first kappa shape index (κ1) is 11.4. The van der Waals surface area contributed by atoms with Crippen molar-refractivity contribution in [1.82, 2.24) is 5.32 Å². The Hall–Kier alpha value is -1.13. The number of carbonyl (C=O) groups excluding carboxylic acids is 1. The summed E-state index contributed by atoms with van der Waals surface area (Å²) in [6, 6.07) is 6.18. The van der Waals surface area contributed by atoms with E-state index in [-0.39, 0.29) is 5.91 Å². The molecule has 1 N–H and O–H groups in total. The smallest absolute Gasteiger partial charge is 0.263 e. The van der Waals surface area contributed by atoms with E-state index in [9.17, 15) is 4.79 Å². The molecule has 2 rings (SSSR count). The lowest BCUT2D eigenvalue weighted by molar-refractivity contribution is -0.115. The van der Waals surface area contributed by atoms with Crippen LogP contribution >= 0.6 is 24.0 Å². The predicted molar refractivity (Wildman–Crippen MR) is 72.2 cm³/mol. The highest BCUT2D eigenvalue weighted by Gasteiger charge is 2.22. The van der Waals surface area contributed by atoms with Gasteiger partial charge in [-0.15, -0.1) is 0 Å². The van der Waals surface area contributed by atoms with E-state index in [1.807, 2.05) is 19.9 Å². The van der Waals surface area contributed by atoms with Gasteiger partial charge in [-0.05, 0) is 31.1 Å². The van der Waals surface area contributed by atoms with Crippen molar-refractivity contribution in [3.05, 3.63) is 39.8 Å². The van der Waals surface area contributed by atoms with Crippen molar-refractivity contribution in [3.63, 3.8) is 0 Å². The summed E-state index contributed by atoms with van der Waals surface area (Å²) in [6.45, 7) is 4.07. The molecule has 1 amide bonds. The minimum Gasteiger partial charge on any atom is -0.307 e. The number of hydrogen-bond acceptors (Lipinski definition) is 3. The summed E-state index contributed by atoms with van der Waals surface area (Å²) >= 11 is 6.25. The maximum absolute atomic E-state index is 11.5. The van der Waals surface area contributed by atoms with Crippen LogP contribution in [0.25, 0.3) is 6.08 Å². The molecule has 0 unspecified atom stereocenters. The first-order valence-electron chi connectivity index (χ1n) is 4.88. The number of aryl methyl sites for hydroxylation is 2. The third-order valence-corrected chi connectivity index (χ3v) is 3.53. The summed E-state index contributed by atoms with van der Waals surface area (Å²) in [4.78, 5) is 12.2. The minimum atomic E-state index is -0.101. The summed E-state index contributed by atoms with van der Waals surface area (Å²) in [5.74, 6) is -0.101. The van der Waals surface area contributed by atoms with Crippen molar-refractivity contribution in [2.45, 2.75) is 13.8 Å². The fourth-order valence-corrected chi connectivity index (χ4v) is 2.51. The van der Waals surface area contributed by atoms with Crippen molar-refractivity contribution in [3.8, 4) is 0 Å². The van der Waals surface area contributed by atoms with Crippen LogP contribution in [0.5, 0.6) is 0 Å². The second-order valence-corrected chi connectivity index (χ2v) is 5.43. The zero-order valence-corrected chi connectivity index (χ0v) is 10.7. The van der Waals surface area contributed by atoms with Gasteiger partial charge < -0.3 is 5.32 Å². The van der Waals surface area contributed by atoms with Gasteiger partial charge in [-0.3, -0.25) is 4.79 Å². The number of amides is 1. The molecule has 1 heterocycles. The van der Waals surface area contributed by atoms with E-state index in [1.165, 1.54) is 17.3 Å². The Morgan fingerprint density at radius 2 is 2.12 bits per heavy atom. The van der Waals surface area contributed by atoms with Gasteiger partial charge in [-0.2, -0.15) is 0 Å². The molecule has 1 saturated heterocycles. The zero-order valence-electron chi connectivity index (χ0n) is 9.03. The van der Waals surface area contributed by atoms with Gasteiger partial charge in [0.2, 0.25) is 0 Å². The van der Waals surface area contributed by atoms with Gasteiger partial charge in [-0.1, -0.05) is 47.7 Å². The number of thiocarbonyl (C=S) groups is 1. The first-order valence-corrected chi connectivity index (χ1v) is 6.11. The minimum absolute atomic E-state index is 0.101. The lowest BCUT2D eigenvalue weighted by Crippen LogP contribution is -2.17. The van der Waals surface area contributed by atoms with E-state index in [1.54, 1.807) is 0 Å². The average Bonchev–Trinajstić information content (AvgIpc) is 2.51. The molecule has 16 heavy (non-hydrogen) atoms. The second-order valence-electron chi connectivity index (χ2n) is 3.71. The fourth-order valence-electron chi connectivity index (χ4n) is 1.48. The van der Waals surface area contributed by atoms with Crippen LogP contribution in [-0.2, 0) is 4.79 Å². The van der Waals surface area contributed by atoms with Crippen LogP contribution in [0.3, 0.4) is 0 Å². The molecule has 1 fully saturated rings. The van der Waals surface area contributed by atoms with Crippen molar-refractivity contribution in [2.24, 2.45) is 0 Å². The molecule has 1 aromatic carbocycles. The Morgan fingerprint density at radius 3 is 2.75 bits per heavy atom. The molecule has 2 nitrogen and oxygen atoms in total. The first-order chi connectivity index (χ1) is 7.56. The lowest BCUT2D eigenvalue weighted by Gasteiger charge is -2.02. The quantitative estimate of drug-likeness (QED) is 0.613. The van der Waals surface area contributed by atoms with E-state index in [0.717, 1.165) is 11.1 Å². The van der Waals surface area contributed by atoms with Crippen molar-refractivity contribution in [2.75, 3.05) is 0 Å². The Bertz CT molecular complexity index is 506. The molecule has 1 aromatic rings. The number of carbonyl (C=O) groups is 1. The van der Waals surface area contributed by atoms with E-state index in [4.69, 9.17) is 12.2 Å². The van der Waals surface area contributed by atoms with Crippen LogP contribution in [0.1, 0.15) is 16.7 Å². The maximum atomic E-state index is 11.5. The normalized spacial score (nSPS) is 18.0. The largest absolute Gasteiger partial charge is 0.307 e. The van der Waals surface area contributed by atoms with Gasteiger partial charge in [0.15, 0.2) is 0 Å². The van der Waals surface area contributed by atoms with Gasteiger partial charge in [-0.25, -0.2) is 0 Å². The third kappa shape index (κ3) is 2.33. The van der Waals surface area contributed by atoms with Crippen LogP contribution in [0.2, 0.25) is 0 Å². The SMILES string of the molecule is Cc1ccc(C)c(/C=C2/SC(=S)NC2=O)c1. The molecule has 1 aliphatic heterocycles. The number of rotatable bonds is 1. The van der Waals surface area contributed by atoms with Crippen molar-refractivity contribution >= 4 is 40.3 Å². The molecule has 0 spiro atoms. The standard InChI is InChI=1S/C12H11NOS2/c1-7-3-4-8(2)9(5-7)6-10-11(14)13-12(15)16-10/h3-6H,1-2H3,(H,13,14,15)/b10-6+. The maximum Gasteiger partial charge on any atom is 0.263 e. The second kappa shape index (κ2) is 4.39. The molecule has 1 aliphatic rings.